The van der Waals surface area contributed by atoms with E-state index in [0.29, 0.717) is 0 Å². The molecule has 0 saturated carbocycles. The van der Waals surface area contributed by atoms with Gasteiger partial charge in [0, 0.05) is 5.75 Å². The van der Waals surface area contributed by atoms with Gasteiger partial charge in [-0.15, -0.1) is 0 Å². The number of carbonyl (C=O) groups is 1. The molecule has 5 heteroatoms. The van der Waals surface area contributed by atoms with Crippen LogP contribution in [0.4, 0.5) is 8.78 Å². The minimum atomic E-state index is -3.05. The summed E-state index contributed by atoms with van der Waals surface area (Å²) in [5.41, 5.74) is -1.47. The highest BCUT2D eigenvalue weighted by Gasteiger charge is 2.59. The monoisotopic (exact) mass is 230 g/mol. The first kappa shape index (κ1) is 8.46. The minimum absolute atomic E-state index is 0.198. The maximum atomic E-state index is 12.5. The van der Waals surface area contributed by atoms with Crippen LogP contribution in [0.2, 0.25) is 0 Å². The Balaban J connectivity index is 2.80. The molecule has 0 aliphatic carbocycles. The van der Waals surface area contributed by atoms with Gasteiger partial charge in [-0.3, -0.25) is 4.79 Å². The van der Waals surface area contributed by atoms with Crippen molar-refractivity contribution >= 4 is 32.8 Å². The number of carbonyl (C=O) groups excluding carboxylic acids is 1. The fourth-order valence-electron chi connectivity index (χ4n) is 0.545. The van der Waals surface area contributed by atoms with Gasteiger partial charge in [0.05, 0.1) is 0 Å². The van der Waals surface area contributed by atoms with Crippen molar-refractivity contribution in [3.63, 3.8) is 0 Å². The summed E-state index contributed by atoms with van der Waals surface area (Å²) >= 11 is 3.13. The molecular weight excluding hydrogens is 226 g/mol. The molecule has 0 radical (unpaired) electrons. The van der Waals surface area contributed by atoms with Crippen LogP contribution >= 0.6 is 27.7 Å². The molecule has 1 rings (SSSR count). The first-order chi connectivity index (χ1) is 4.38. The van der Waals surface area contributed by atoms with E-state index in [9.17, 15) is 13.6 Å². The Morgan fingerprint density at radius 1 is 1.80 bits per heavy atom. The van der Waals surface area contributed by atoms with Crippen LogP contribution in [-0.4, -0.2) is 15.7 Å². The molecule has 0 amide bonds. The standard InChI is InChI=1S/C5H5BrF2OS/c1-4(5(6,7)8)2-10-3(4)9/h2H2,1H3. The molecule has 10 heavy (non-hydrogen) atoms. The van der Waals surface area contributed by atoms with Crippen LogP contribution in [0, 0.1) is 5.41 Å². The SMILES string of the molecule is CC1(C(F)(F)Br)CSC1=O. The van der Waals surface area contributed by atoms with Crippen molar-refractivity contribution in [1.82, 2.24) is 0 Å². The molecule has 1 aliphatic heterocycles. The lowest BCUT2D eigenvalue weighted by Gasteiger charge is -2.38. The lowest BCUT2D eigenvalue weighted by Crippen LogP contribution is -2.49. The maximum absolute atomic E-state index is 12.5. The van der Waals surface area contributed by atoms with Crippen molar-refractivity contribution in [2.45, 2.75) is 11.8 Å². The molecule has 0 spiro atoms. The Hall–Kier alpha value is 0.360. The molecule has 1 fully saturated rings. The van der Waals surface area contributed by atoms with Gasteiger partial charge in [0.25, 0.3) is 0 Å². The van der Waals surface area contributed by atoms with Crippen molar-refractivity contribution in [1.29, 1.82) is 0 Å². The van der Waals surface area contributed by atoms with E-state index in [1.54, 1.807) is 0 Å². The number of hydrogen-bond acceptors (Lipinski definition) is 2. The lowest BCUT2D eigenvalue weighted by atomic mass is 9.95. The first-order valence-corrected chi connectivity index (χ1v) is 4.40. The van der Waals surface area contributed by atoms with Crippen molar-refractivity contribution in [2.75, 3.05) is 5.75 Å². The predicted octanol–water partition coefficient (Wildman–Crippen LogP) is 2.25. The number of alkyl halides is 3. The van der Waals surface area contributed by atoms with E-state index in [2.05, 4.69) is 15.9 Å². The largest absolute Gasteiger partial charge is 0.315 e. The van der Waals surface area contributed by atoms with E-state index in [1.165, 1.54) is 6.92 Å². The van der Waals surface area contributed by atoms with E-state index in [1.807, 2.05) is 0 Å². The number of hydrogen-bond donors (Lipinski definition) is 0. The number of rotatable bonds is 1. The second kappa shape index (κ2) is 2.17. The quantitative estimate of drug-likeness (QED) is 0.644. The molecule has 0 aromatic heterocycles. The zero-order valence-electron chi connectivity index (χ0n) is 5.16. The fourth-order valence-corrected chi connectivity index (χ4v) is 2.19. The summed E-state index contributed by atoms with van der Waals surface area (Å²) < 4.78 is 25.0. The van der Waals surface area contributed by atoms with Gasteiger partial charge in [-0.2, -0.15) is 8.78 Å². The van der Waals surface area contributed by atoms with Gasteiger partial charge in [-0.1, -0.05) is 11.8 Å². The van der Waals surface area contributed by atoms with Crippen molar-refractivity contribution < 1.29 is 13.6 Å². The second-order valence-corrected chi connectivity index (χ2v) is 4.35. The molecule has 1 atom stereocenters. The summed E-state index contributed by atoms with van der Waals surface area (Å²) in [5, 5.41) is -0.436. The summed E-state index contributed by atoms with van der Waals surface area (Å²) in [5.74, 6) is 0.198. The smallest absolute Gasteiger partial charge is 0.286 e. The van der Waals surface area contributed by atoms with Crippen molar-refractivity contribution in [3.05, 3.63) is 0 Å². The minimum Gasteiger partial charge on any atom is -0.286 e. The molecule has 0 aromatic carbocycles. The molecule has 1 saturated heterocycles. The maximum Gasteiger partial charge on any atom is 0.315 e. The number of thioether (sulfide) groups is 1. The summed E-state index contributed by atoms with van der Waals surface area (Å²) in [6.07, 6.45) is 0. The summed E-state index contributed by atoms with van der Waals surface area (Å²) in [6, 6.07) is 0. The summed E-state index contributed by atoms with van der Waals surface area (Å²) in [6.45, 7) is 1.26. The third-order valence-electron chi connectivity index (χ3n) is 1.57. The van der Waals surface area contributed by atoms with E-state index in [0.717, 1.165) is 11.8 Å². The van der Waals surface area contributed by atoms with Crippen LogP contribution in [0.3, 0.4) is 0 Å². The van der Waals surface area contributed by atoms with Crippen molar-refractivity contribution in [2.24, 2.45) is 5.41 Å². The second-order valence-electron chi connectivity index (χ2n) is 2.41. The average Bonchev–Trinajstić information content (AvgIpc) is 1.80. The zero-order valence-corrected chi connectivity index (χ0v) is 7.56. The zero-order chi connectivity index (χ0) is 7.99. The van der Waals surface area contributed by atoms with Crippen LogP contribution in [0.5, 0.6) is 0 Å². The van der Waals surface area contributed by atoms with E-state index >= 15 is 0 Å². The van der Waals surface area contributed by atoms with Gasteiger partial charge < -0.3 is 0 Å². The van der Waals surface area contributed by atoms with E-state index < -0.39 is 15.4 Å². The molecule has 1 heterocycles. The lowest BCUT2D eigenvalue weighted by molar-refractivity contribution is -0.130. The van der Waals surface area contributed by atoms with Gasteiger partial charge in [0.2, 0.25) is 5.12 Å². The first-order valence-electron chi connectivity index (χ1n) is 2.62. The molecular formula is C5H5BrF2OS. The third-order valence-corrected chi connectivity index (χ3v) is 3.88. The van der Waals surface area contributed by atoms with Crippen LogP contribution < -0.4 is 0 Å². The summed E-state index contributed by atoms with van der Waals surface area (Å²) in [4.78, 5) is 7.60. The van der Waals surface area contributed by atoms with Gasteiger partial charge in [-0.05, 0) is 22.9 Å². The Labute approximate surface area is 69.7 Å². The molecule has 1 unspecified atom stereocenters. The highest BCUT2D eigenvalue weighted by atomic mass is 79.9. The average molecular weight is 231 g/mol. The molecule has 1 nitrogen and oxygen atoms in total. The van der Waals surface area contributed by atoms with Crippen molar-refractivity contribution in [3.8, 4) is 0 Å². The molecule has 0 N–H and O–H groups in total. The van der Waals surface area contributed by atoms with E-state index in [-0.39, 0.29) is 5.75 Å². The Morgan fingerprint density at radius 3 is 2.30 bits per heavy atom. The third kappa shape index (κ3) is 0.993. The Kier molecular flexibility index (Phi) is 1.84. The summed E-state index contributed by atoms with van der Waals surface area (Å²) in [7, 11) is 0. The topological polar surface area (TPSA) is 17.1 Å². The van der Waals surface area contributed by atoms with Crippen LogP contribution in [0.25, 0.3) is 0 Å². The fraction of sp³-hybridized carbons (Fsp3) is 0.800. The van der Waals surface area contributed by atoms with Gasteiger partial charge in [-0.25, -0.2) is 0 Å². The molecule has 1 aliphatic rings. The Morgan fingerprint density at radius 2 is 2.30 bits per heavy atom. The van der Waals surface area contributed by atoms with Crippen LogP contribution in [0.1, 0.15) is 6.92 Å². The Bertz CT molecular complexity index is 179. The van der Waals surface area contributed by atoms with Gasteiger partial charge in [0.1, 0.15) is 5.41 Å². The van der Waals surface area contributed by atoms with Gasteiger partial charge in [0.15, 0.2) is 0 Å². The highest BCUT2D eigenvalue weighted by Crippen LogP contribution is 2.53. The van der Waals surface area contributed by atoms with Gasteiger partial charge >= 0.3 is 4.83 Å². The molecule has 0 aromatic rings. The van der Waals surface area contributed by atoms with Crippen LogP contribution in [-0.2, 0) is 4.79 Å². The predicted molar refractivity (Wildman–Crippen MR) is 39.4 cm³/mol. The molecule has 0 bridgehead atoms. The highest BCUT2D eigenvalue weighted by molar-refractivity contribution is 9.10. The van der Waals surface area contributed by atoms with Crippen LogP contribution in [0.15, 0.2) is 0 Å². The number of halogens is 3. The van der Waals surface area contributed by atoms with E-state index in [4.69, 9.17) is 0 Å². The normalized spacial score (nSPS) is 33.8. The molecule has 58 valence electrons.